The fourth-order valence-corrected chi connectivity index (χ4v) is 2.08. The molecule has 0 aromatic heterocycles. The Labute approximate surface area is 125 Å². The van der Waals surface area contributed by atoms with Gasteiger partial charge in [-0.3, -0.25) is 0 Å². The van der Waals surface area contributed by atoms with Gasteiger partial charge in [0.05, 0.1) is 10.0 Å². The van der Waals surface area contributed by atoms with Crippen LogP contribution in [0.15, 0.2) is 36.4 Å². The predicted molar refractivity (Wildman–Crippen MR) is 76.8 cm³/mol. The van der Waals surface area contributed by atoms with Gasteiger partial charge in [0.15, 0.2) is 0 Å². The van der Waals surface area contributed by atoms with E-state index in [1.807, 2.05) is 6.07 Å². The summed E-state index contributed by atoms with van der Waals surface area (Å²) in [5.74, 6) is 0.458. The van der Waals surface area contributed by atoms with Crippen LogP contribution in [-0.2, 0) is 12.5 Å². The largest absolute Gasteiger partial charge is 0.487 e. The molecule has 0 spiro atoms. The number of alkyl halides is 1. The van der Waals surface area contributed by atoms with Gasteiger partial charge in [0.1, 0.15) is 18.2 Å². The fraction of sp³-hybridized carbons (Fsp3) is 0.143. The summed E-state index contributed by atoms with van der Waals surface area (Å²) in [6, 6.07) is 9.85. The van der Waals surface area contributed by atoms with E-state index in [4.69, 9.17) is 39.5 Å². The summed E-state index contributed by atoms with van der Waals surface area (Å²) in [7, 11) is 0. The van der Waals surface area contributed by atoms with E-state index < -0.39 is 5.82 Å². The van der Waals surface area contributed by atoms with Crippen molar-refractivity contribution in [3.05, 3.63) is 63.4 Å². The average molecular weight is 320 g/mol. The van der Waals surface area contributed by atoms with Gasteiger partial charge in [-0.15, -0.1) is 11.6 Å². The number of halogens is 4. The zero-order valence-electron chi connectivity index (χ0n) is 9.80. The summed E-state index contributed by atoms with van der Waals surface area (Å²) >= 11 is 17.4. The summed E-state index contributed by atoms with van der Waals surface area (Å²) in [4.78, 5) is 0. The smallest absolute Gasteiger partial charge is 0.142 e. The third-order valence-electron chi connectivity index (χ3n) is 2.53. The lowest BCUT2D eigenvalue weighted by Crippen LogP contribution is -1.97. The normalized spacial score (nSPS) is 10.5. The molecular weight excluding hydrogens is 310 g/mol. The van der Waals surface area contributed by atoms with Crippen LogP contribution in [0.2, 0.25) is 10.0 Å². The third-order valence-corrected chi connectivity index (χ3v) is 3.44. The molecule has 0 fully saturated rings. The van der Waals surface area contributed by atoms with Gasteiger partial charge in [-0.25, -0.2) is 4.39 Å². The average Bonchev–Trinajstić information content (AvgIpc) is 2.41. The molecule has 0 saturated carbocycles. The van der Waals surface area contributed by atoms with Gasteiger partial charge < -0.3 is 4.74 Å². The highest BCUT2D eigenvalue weighted by Crippen LogP contribution is 2.27. The summed E-state index contributed by atoms with van der Waals surface area (Å²) in [6.07, 6.45) is 0. The molecule has 0 heterocycles. The van der Waals surface area contributed by atoms with E-state index in [-0.39, 0.29) is 11.6 Å². The van der Waals surface area contributed by atoms with Gasteiger partial charge >= 0.3 is 0 Å². The lowest BCUT2D eigenvalue weighted by Gasteiger charge is -2.09. The first-order chi connectivity index (χ1) is 9.10. The highest BCUT2D eigenvalue weighted by molar-refractivity contribution is 6.32. The van der Waals surface area contributed by atoms with Crippen molar-refractivity contribution < 1.29 is 9.13 Å². The number of benzene rings is 2. The Morgan fingerprint density at radius 3 is 2.32 bits per heavy atom. The molecule has 2 aromatic rings. The Balaban J connectivity index is 2.07. The molecule has 1 nitrogen and oxygen atoms in total. The summed E-state index contributed by atoms with van der Waals surface area (Å²) in [6.45, 7) is 0.216. The van der Waals surface area contributed by atoms with Gasteiger partial charge in [0.2, 0.25) is 0 Å². The molecule has 100 valence electrons. The Kier molecular flexibility index (Phi) is 4.92. The topological polar surface area (TPSA) is 9.23 Å². The maximum atomic E-state index is 13.3. The van der Waals surface area contributed by atoms with Crippen LogP contribution in [0.1, 0.15) is 11.1 Å². The van der Waals surface area contributed by atoms with Gasteiger partial charge in [0.25, 0.3) is 0 Å². The second-order valence-electron chi connectivity index (χ2n) is 3.94. The number of ether oxygens (including phenoxy) is 1. The summed E-state index contributed by atoms with van der Waals surface area (Å²) < 4.78 is 18.8. The highest BCUT2D eigenvalue weighted by atomic mass is 35.5. The summed E-state index contributed by atoms with van der Waals surface area (Å²) in [5, 5.41) is 0.570. The molecule has 0 atom stereocenters. The van der Waals surface area contributed by atoms with Crippen molar-refractivity contribution in [3.8, 4) is 5.75 Å². The first-order valence-corrected chi connectivity index (χ1v) is 6.80. The highest BCUT2D eigenvalue weighted by Gasteiger charge is 2.05. The van der Waals surface area contributed by atoms with Gasteiger partial charge in [-0.1, -0.05) is 35.3 Å². The van der Waals surface area contributed by atoms with Crippen molar-refractivity contribution in [3.63, 3.8) is 0 Å². The van der Waals surface area contributed by atoms with E-state index >= 15 is 0 Å². The van der Waals surface area contributed by atoms with Gasteiger partial charge in [-0.2, -0.15) is 0 Å². The molecule has 0 aliphatic rings. The standard InChI is InChI=1S/C14H10Cl3FO/c15-7-9-2-4-14(12(17)5-9)19-8-10-1-3-11(16)13(18)6-10/h1-6H,7-8H2. The minimum atomic E-state index is -0.466. The summed E-state index contributed by atoms with van der Waals surface area (Å²) in [5.41, 5.74) is 1.59. The van der Waals surface area contributed by atoms with Gasteiger partial charge in [0, 0.05) is 5.88 Å². The third kappa shape index (κ3) is 3.75. The Morgan fingerprint density at radius 1 is 0.947 bits per heavy atom. The molecule has 0 unspecified atom stereocenters. The van der Waals surface area contributed by atoms with Crippen molar-refractivity contribution in [2.45, 2.75) is 12.5 Å². The first-order valence-electron chi connectivity index (χ1n) is 5.51. The van der Waals surface area contributed by atoms with Crippen LogP contribution in [0.25, 0.3) is 0 Å². The van der Waals surface area contributed by atoms with E-state index in [1.165, 1.54) is 12.1 Å². The van der Waals surface area contributed by atoms with Crippen LogP contribution in [-0.4, -0.2) is 0 Å². The van der Waals surface area contributed by atoms with Crippen LogP contribution >= 0.6 is 34.8 Å². The quantitative estimate of drug-likeness (QED) is 0.681. The van der Waals surface area contributed by atoms with Crippen molar-refractivity contribution in [1.29, 1.82) is 0 Å². The maximum Gasteiger partial charge on any atom is 0.142 e. The predicted octanol–water partition coefficient (Wildman–Crippen LogP) is 5.45. The van der Waals surface area contributed by atoms with Crippen molar-refractivity contribution in [1.82, 2.24) is 0 Å². The second-order valence-corrected chi connectivity index (χ2v) is 5.02. The molecule has 0 bridgehead atoms. The molecule has 0 aliphatic heterocycles. The lowest BCUT2D eigenvalue weighted by molar-refractivity contribution is 0.305. The van der Waals surface area contributed by atoms with Crippen LogP contribution in [0.5, 0.6) is 5.75 Å². The van der Waals surface area contributed by atoms with Crippen molar-refractivity contribution >= 4 is 34.8 Å². The second kappa shape index (κ2) is 6.47. The Hall–Kier alpha value is -0.960. The zero-order valence-corrected chi connectivity index (χ0v) is 12.1. The van der Waals surface area contributed by atoms with Crippen molar-refractivity contribution in [2.24, 2.45) is 0 Å². The van der Waals surface area contributed by atoms with E-state index in [2.05, 4.69) is 0 Å². The van der Waals surface area contributed by atoms with E-state index in [0.29, 0.717) is 22.2 Å². The van der Waals surface area contributed by atoms with E-state index in [9.17, 15) is 4.39 Å². The molecule has 0 saturated heterocycles. The van der Waals surface area contributed by atoms with Crippen LogP contribution in [0.4, 0.5) is 4.39 Å². The SMILES string of the molecule is Fc1cc(COc2ccc(CCl)cc2Cl)ccc1Cl. The van der Waals surface area contributed by atoms with Crippen LogP contribution in [0.3, 0.4) is 0 Å². The first kappa shape index (κ1) is 14.4. The van der Waals surface area contributed by atoms with Crippen molar-refractivity contribution in [2.75, 3.05) is 0 Å². The molecule has 5 heteroatoms. The zero-order chi connectivity index (χ0) is 13.8. The minimum absolute atomic E-state index is 0.0910. The molecule has 19 heavy (non-hydrogen) atoms. The Bertz CT molecular complexity index is 587. The molecule has 2 aromatic carbocycles. The molecular formula is C14H10Cl3FO. The Morgan fingerprint density at radius 2 is 1.68 bits per heavy atom. The fourth-order valence-electron chi connectivity index (χ4n) is 1.54. The molecule has 0 N–H and O–H groups in total. The lowest BCUT2D eigenvalue weighted by atomic mass is 10.2. The maximum absolute atomic E-state index is 13.3. The number of hydrogen-bond acceptors (Lipinski definition) is 1. The minimum Gasteiger partial charge on any atom is -0.487 e. The molecule has 0 amide bonds. The molecule has 2 rings (SSSR count). The van der Waals surface area contributed by atoms with Gasteiger partial charge in [-0.05, 0) is 35.4 Å². The van der Waals surface area contributed by atoms with E-state index in [1.54, 1.807) is 18.2 Å². The monoisotopic (exact) mass is 318 g/mol. The number of rotatable bonds is 4. The molecule has 0 radical (unpaired) electrons. The van der Waals surface area contributed by atoms with E-state index in [0.717, 1.165) is 5.56 Å². The van der Waals surface area contributed by atoms with Crippen LogP contribution in [0, 0.1) is 5.82 Å². The van der Waals surface area contributed by atoms with Crippen LogP contribution < -0.4 is 4.74 Å². The molecule has 0 aliphatic carbocycles. The number of hydrogen-bond donors (Lipinski definition) is 0.